The summed E-state index contributed by atoms with van der Waals surface area (Å²) < 4.78 is 8.30. The van der Waals surface area contributed by atoms with Crippen molar-refractivity contribution in [3.63, 3.8) is 0 Å². The van der Waals surface area contributed by atoms with E-state index in [4.69, 9.17) is 17.0 Å². The summed E-state index contributed by atoms with van der Waals surface area (Å²) in [6.07, 6.45) is 4.02. The molecule has 8 heteroatoms. The molecule has 30 heavy (non-hydrogen) atoms. The van der Waals surface area contributed by atoms with Crippen molar-refractivity contribution in [3.05, 3.63) is 55.0 Å². The highest BCUT2D eigenvalue weighted by Crippen LogP contribution is 2.31. The molecule has 1 fully saturated rings. The predicted octanol–water partition coefficient (Wildman–Crippen LogP) is 2.17. The number of nitrogens with zero attached hydrogens (tertiary/aromatic N) is 3. The second-order valence-corrected chi connectivity index (χ2v) is 8.41. The third kappa shape index (κ3) is 3.11. The number of amides is 1. The van der Waals surface area contributed by atoms with Gasteiger partial charge in [-0.3, -0.25) is 19.1 Å². The van der Waals surface area contributed by atoms with Gasteiger partial charge in [0.05, 0.1) is 5.70 Å². The molecule has 0 saturated carbocycles. The molecule has 1 aromatic carbocycles. The zero-order chi connectivity index (χ0) is 21.6. The monoisotopic (exact) mass is 441 g/mol. The molecule has 0 unspecified atom stereocenters. The molecule has 3 heterocycles. The Bertz CT molecular complexity index is 1270. The number of thiazole rings is 1. The largest absolute Gasteiger partial charge is 0.422 e. The van der Waals surface area contributed by atoms with Gasteiger partial charge in [0, 0.05) is 25.3 Å². The van der Waals surface area contributed by atoms with Crippen LogP contribution in [-0.4, -0.2) is 33.6 Å². The fourth-order valence-corrected chi connectivity index (χ4v) is 5.32. The number of carbonyl (C=O) groups is 1. The molecule has 1 aromatic heterocycles. The number of hydrogen-bond acceptors (Lipinski definition) is 6. The van der Waals surface area contributed by atoms with E-state index >= 15 is 0 Å². The zero-order valence-corrected chi connectivity index (χ0v) is 19.0. The highest BCUT2D eigenvalue weighted by molar-refractivity contribution is 7.80. The van der Waals surface area contributed by atoms with Crippen molar-refractivity contribution >= 4 is 57.9 Å². The summed E-state index contributed by atoms with van der Waals surface area (Å²) in [5, 5.41) is 0.132. The Labute approximate surface area is 184 Å². The molecule has 2 aromatic rings. The minimum atomic E-state index is -0.296. The van der Waals surface area contributed by atoms with Gasteiger partial charge in [0.1, 0.15) is 9.20 Å². The fourth-order valence-electron chi connectivity index (χ4n) is 3.81. The number of rotatable bonds is 3. The topological polar surface area (TPSA) is 54.8 Å². The molecule has 0 spiro atoms. The lowest BCUT2D eigenvalue weighted by molar-refractivity contribution is -0.120. The number of hydrogen-bond donors (Lipinski definition) is 0. The van der Waals surface area contributed by atoms with Gasteiger partial charge in [-0.05, 0) is 63.7 Å². The third-order valence-electron chi connectivity index (χ3n) is 5.29. The smallest absolute Gasteiger partial charge is 0.300 e. The minimum Gasteiger partial charge on any atom is -0.422 e. The summed E-state index contributed by atoms with van der Waals surface area (Å²) in [5.41, 5.74) is 4.08. The molecule has 0 atom stereocenters. The molecule has 0 radical (unpaired) electrons. The van der Waals surface area contributed by atoms with Crippen LogP contribution in [0.15, 0.2) is 29.1 Å². The second kappa shape index (κ2) is 7.85. The summed E-state index contributed by atoms with van der Waals surface area (Å²) in [5.74, 6) is -0.161. The molecular weight excluding hydrogens is 418 g/mol. The summed E-state index contributed by atoms with van der Waals surface area (Å²) in [7, 11) is 0. The van der Waals surface area contributed by atoms with E-state index in [9.17, 15) is 9.59 Å². The highest BCUT2D eigenvalue weighted by atomic mass is 32.1. The molecule has 156 valence electrons. The van der Waals surface area contributed by atoms with Gasteiger partial charge in [0.2, 0.25) is 5.76 Å². The summed E-state index contributed by atoms with van der Waals surface area (Å²) in [6, 6.07) is 6.29. The Morgan fingerprint density at radius 2 is 1.77 bits per heavy atom. The minimum absolute atomic E-state index is 0.129. The molecule has 6 nitrogen and oxygen atoms in total. The van der Waals surface area contributed by atoms with Gasteiger partial charge in [-0.15, -0.1) is 11.3 Å². The van der Waals surface area contributed by atoms with Gasteiger partial charge in [0.15, 0.2) is 0 Å². The van der Waals surface area contributed by atoms with Crippen LogP contribution in [0.5, 0.6) is 0 Å². The van der Waals surface area contributed by atoms with E-state index in [1.165, 1.54) is 21.8 Å². The van der Waals surface area contributed by atoms with Crippen molar-refractivity contribution in [2.24, 2.45) is 0 Å². The number of carbonyl (C=O) groups excluding carboxylic acids is 1. The molecule has 1 amide bonds. The Hall–Kier alpha value is -2.71. The van der Waals surface area contributed by atoms with E-state index in [0.717, 1.165) is 16.9 Å². The SMILES string of the molecule is CCN1C(=O)C(=c2sc(=C3C=Cc4cc(C)ccc4N3CC)c(=O)n2CC)OC1=S. The van der Waals surface area contributed by atoms with Gasteiger partial charge in [-0.25, -0.2) is 0 Å². The van der Waals surface area contributed by atoms with E-state index in [1.807, 2.05) is 26.0 Å². The van der Waals surface area contributed by atoms with Gasteiger partial charge >= 0.3 is 0 Å². The van der Waals surface area contributed by atoms with Crippen molar-refractivity contribution in [3.8, 4) is 0 Å². The van der Waals surface area contributed by atoms with Crippen LogP contribution in [0.2, 0.25) is 0 Å². The van der Waals surface area contributed by atoms with E-state index in [2.05, 4.69) is 36.9 Å². The average molecular weight is 442 g/mol. The zero-order valence-electron chi connectivity index (χ0n) is 17.4. The summed E-state index contributed by atoms with van der Waals surface area (Å²) in [4.78, 5) is 29.6. The van der Waals surface area contributed by atoms with Gasteiger partial charge in [-0.2, -0.15) is 0 Å². The maximum Gasteiger partial charge on any atom is 0.300 e. The van der Waals surface area contributed by atoms with Crippen molar-refractivity contribution in [1.82, 2.24) is 9.47 Å². The van der Waals surface area contributed by atoms with Crippen LogP contribution < -0.4 is 19.7 Å². The Morgan fingerprint density at radius 3 is 2.40 bits per heavy atom. The molecular formula is C22H23N3O3S2. The summed E-state index contributed by atoms with van der Waals surface area (Å²) in [6.45, 7) is 9.42. The molecule has 0 bridgehead atoms. The average Bonchev–Trinajstić information content (AvgIpc) is 3.21. The maximum absolute atomic E-state index is 13.3. The van der Waals surface area contributed by atoms with Crippen LogP contribution in [0, 0.1) is 6.92 Å². The standard InChI is InChI=1S/C22H23N3O3S2/c1-5-23-15-10-8-13(4)12-14(15)9-11-16(23)18-20(27)24(6-2)21(30-18)17-19(26)25(7-3)22(29)28-17/h8-12H,5-7H2,1-4H3. The molecule has 4 rings (SSSR count). The van der Waals surface area contributed by atoms with Gasteiger partial charge in [-0.1, -0.05) is 17.7 Å². The van der Waals surface area contributed by atoms with Crippen LogP contribution in [0.25, 0.3) is 17.5 Å². The molecule has 0 N–H and O–H groups in total. The molecule has 1 saturated heterocycles. The van der Waals surface area contributed by atoms with Crippen LogP contribution >= 0.6 is 23.6 Å². The van der Waals surface area contributed by atoms with E-state index in [-0.39, 0.29) is 22.4 Å². The second-order valence-electron chi connectivity index (χ2n) is 7.06. The van der Waals surface area contributed by atoms with Crippen molar-refractivity contribution in [2.45, 2.75) is 34.2 Å². The number of benzene rings is 1. The number of likely N-dealkylation sites (N-methyl/N-ethyl adjacent to an activating group) is 2. The van der Waals surface area contributed by atoms with Crippen molar-refractivity contribution in [1.29, 1.82) is 0 Å². The van der Waals surface area contributed by atoms with Crippen LogP contribution in [-0.2, 0) is 16.1 Å². The third-order valence-corrected chi connectivity index (χ3v) is 6.78. The number of fused-ring (bicyclic) bond motifs is 1. The fraction of sp³-hybridized carbons (Fsp3) is 0.318. The predicted molar refractivity (Wildman–Crippen MR) is 125 cm³/mol. The number of anilines is 1. The highest BCUT2D eigenvalue weighted by Gasteiger charge is 2.34. The quantitative estimate of drug-likeness (QED) is 0.684. The molecule has 2 aliphatic rings. The summed E-state index contributed by atoms with van der Waals surface area (Å²) >= 11 is 6.47. The van der Waals surface area contributed by atoms with Crippen molar-refractivity contribution in [2.75, 3.05) is 18.0 Å². The maximum atomic E-state index is 13.3. The number of aryl methyl sites for hydroxylation is 1. The molecule has 0 aliphatic carbocycles. The van der Waals surface area contributed by atoms with Gasteiger partial charge < -0.3 is 9.64 Å². The van der Waals surface area contributed by atoms with Crippen LogP contribution in [0.3, 0.4) is 0 Å². The Kier molecular flexibility index (Phi) is 5.38. The van der Waals surface area contributed by atoms with E-state index in [1.54, 1.807) is 4.57 Å². The normalized spacial score (nSPS) is 19.5. The van der Waals surface area contributed by atoms with Crippen LogP contribution in [0.4, 0.5) is 5.69 Å². The first-order chi connectivity index (χ1) is 14.4. The first-order valence-electron chi connectivity index (χ1n) is 9.99. The Balaban J connectivity index is 2.00. The lowest BCUT2D eigenvalue weighted by atomic mass is 10.0. The molecule has 2 aliphatic heterocycles. The lowest BCUT2D eigenvalue weighted by Crippen LogP contribution is -2.37. The van der Waals surface area contributed by atoms with Crippen LogP contribution in [0.1, 0.15) is 31.9 Å². The van der Waals surface area contributed by atoms with E-state index < -0.39 is 0 Å². The first kappa shape index (κ1) is 20.6. The van der Waals surface area contributed by atoms with Crippen molar-refractivity contribution < 1.29 is 9.53 Å². The van der Waals surface area contributed by atoms with E-state index in [0.29, 0.717) is 28.8 Å². The number of aromatic nitrogens is 1. The van der Waals surface area contributed by atoms with Gasteiger partial charge in [0.25, 0.3) is 16.6 Å². The number of thiocarbonyl (C=S) groups is 1. The lowest BCUT2D eigenvalue weighted by Gasteiger charge is -2.29. The number of ether oxygens (including phenoxy) is 1. The first-order valence-corrected chi connectivity index (χ1v) is 11.2. The Morgan fingerprint density at radius 1 is 1.03 bits per heavy atom.